The van der Waals surface area contributed by atoms with Crippen LogP contribution >= 0.6 is 0 Å². The van der Waals surface area contributed by atoms with Crippen LogP contribution in [0.15, 0.2) is 18.2 Å². The number of hydrogen-bond acceptors (Lipinski definition) is 4. The highest BCUT2D eigenvalue weighted by molar-refractivity contribution is 5.99. The molecule has 1 aliphatic heterocycles. The largest absolute Gasteiger partial charge is 0.379 e. The lowest BCUT2D eigenvalue weighted by atomic mass is 9.76. The number of nitrogens with one attached hydrogen (secondary N) is 1. The smallest absolute Gasteiger partial charge is 0.250 e. The van der Waals surface area contributed by atoms with Crippen molar-refractivity contribution in [1.29, 1.82) is 0 Å². The number of anilines is 1. The minimum atomic E-state index is -0.428. The highest BCUT2D eigenvalue weighted by atomic mass is 16.5. The third kappa shape index (κ3) is 3.46. The van der Waals surface area contributed by atoms with Gasteiger partial charge in [0.2, 0.25) is 0 Å². The fourth-order valence-corrected chi connectivity index (χ4v) is 4.20. The van der Waals surface area contributed by atoms with Crippen molar-refractivity contribution in [2.75, 3.05) is 18.5 Å². The zero-order chi connectivity index (χ0) is 19.2. The highest BCUT2D eigenvalue weighted by Crippen LogP contribution is 2.37. The third-order valence-corrected chi connectivity index (χ3v) is 5.79. The van der Waals surface area contributed by atoms with Crippen molar-refractivity contribution in [3.8, 4) is 5.69 Å². The molecule has 27 heavy (non-hydrogen) atoms. The number of carbonyl (C=O) groups is 1. The van der Waals surface area contributed by atoms with Crippen LogP contribution in [-0.2, 0) is 17.6 Å². The summed E-state index contributed by atoms with van der Waals surface area (Å²) in [6, 6.07) is 5.93. The van der Waals surface area contributed by atoms with E-state index in [2.05, 4.69) is 26.1 Å². The summed E-state index contributed by atoms with van der Waals surface area (Å²) >= 11 is 0. The standard InChI is InChI=1S/C21H28N4O2/c1-13-16-6-8-21(2,3)11-19(16)25(24-13)15-4-5-17(20(22)26)18(10-15)23-14-7-9-27-12-14/h4-5,10,14,23H,6-9,11-12H2,1-3H3,(H2,22,26). The topological polar surface area (TPSA) is 82.2 Å². The van der Waals surface area contributed by atoms with E-state index < -0.39 is 5.91 Å². The van der Waals surface area contributed by atoms with Gasteiger partial charge in [-0.15, -0.1) is 0 Å². The first-order chi connectivity index (χ1) is 12.8. The van der Waals surface area contributed by atoms with Crippen molar-refractivity contribution in [2.24, 2.45) is 11.1 Å². The van der Waals surface area contributed by atoms with Crippen molar-refractivity contribution in [3.05, 3.63) is 40.7 Å². The molecule has 3 N–H and O–H groups in total. The lowest BCUT2D eigenvalue weighted by molar-refractivity contribution is 0.100. The lowest BCUT2D eigenvalue weighted by Gasteiger charge is -2.30. The SMILES string of the molecule is Cc1nn(-c2ccc(C(N)=O)c(NC3CCOC3)c2)c2c1CCC(C)(C)C2. The van der Waals surface area contributed by atoms with E-state index in [1.165, 1.54) is 17.7 Å². The molecule has 1 aromatic carbocycles. The Morgan fingerprint density at radius 1 is 1.41 bits per heavy atom. The zero-order valence-electron chi connectivity index (χ0n) is 16.3. The molecule has 1 unspecified atom stereocenters. The fourth-order valence-electron chi connectivity index (χ4n) is 4.20. The molecule has 0 bridgehead atoms. The van der Waals surface area contributed by atoms with Crippen molar-refractivity contribution in [2.45, 2.75) is 52.5 Å². The number of rotatable bonds is 4. The molecule has 2 aromatic rings. The fraction of sp³-hybridized carbons (Fsp3) is 0.524. The van der Waals surface area contributed by atoms with E-state index in [1.54, 1.807) is 6.07 Å². The molecule has 1 saturated heterocycles. The minimum Gasteiger partial charge on any atom is -0.379 e. The Labute approximate surface area is 160 Å². The molecule has 1 aliphatic carbocycles. The number of nitrogens with two attached hydrogens (primary N) is 1. The second-order valence-corrected chi connectivity index (χ2v) is 8.56. The van der Waals surface area contributed by atoms with E-state index in [0.717, 1.165) is 42.9 Å². The number of aromatic nitrogens is 2. The van der Waals surface area contributed by atoms with Gasteiger partial charge in [0, 0.05) is 18.0 Å². The quantitative estimate of drug-likeness (QED) is 0.869. The normalized spacial score (nSPS) is 21.1. The Morgan fingerprint density at radius 3 is 2.93 bits per heavy atom. The van der Waals surface area contributed by atoms with Gasteiger partial charge in [0.05, 0.1) is 29.6 Å². The van der Waals surface area contributed by atoms with Gasteiger partial charge in [0.25, 0.3) is 5.91 Å². The first kappa shape index (κ1) is 18.0. The molecule has 4 rings (SSSR count). The number of aryl methyl sites for hydroxylation is 1. The molecule has 6 heteroatoms. The molecule has 144 valence electrons. The van der Waals surface area contributed by atoms with Crippen LogP contribution in [0.1, 0.15) is 54.0 Å². The van der Waals surface area contributed by atoms with Crippen molar-refractivity contribution < 1.29 is 9.53 Å². The van der Waals surface area contributed by atoms with Gasteiger partial charge in [0.1, 0.15) is 0 Å². The van der Waals surface area contributed by atoms with Gasteiger partial charge in [-0.05, 0) is 61.8 Å². The third-order valence-electron chi connectivity index (χ3n) is 5.79. The number of carbonyl (C=O) groups excluding carboxylic acids is 1. The van der Waals surface area contributed by atoms with E-state index >= 15 is 0 Å². The maximum atomic E-state index is 11.9. The predicted molar refractivity (Wildman–Crippen MR) is 105 cm³/mol. The maximum absolute atomic E-state index is 11.9. The molecule has 0 radical (unpaired) electrons. The molecule has 2 aliphatic rings. The van der Waals surface area contributed by atoms with Gasteiger partial charge in [0.15, 0.2) is 0 Å². The number of ether oxygens (including phenoxy) is 1. The number of hydrogen-bond donors (Lipinski definition) is 2. The minimum absolute atomic E-state index is 0.200. The Morgan fingerprint density at radius 2 is 2.22 bits per heavy atom. The lowest BCUT2D eigenvalue weighted by Crippen LogP contribution is -2.24. The van der Waals surface area contributed by atoms with Gasteiger partial charge in [-0.2, -0.15) is 5.10 Å². The second-order valence-electron chi connectivity index (χ2n) is 8.56. The van der Waals surface area contributed by atoms with Gasteiger partial charge in [-0.1, -0.05) is 13.8 Å². The summed E-state index contributed by atoms with van der Waals surface area (Å²) in [5, 5.41) is 8.26. The summed E-state index contributed by atoms with van der Waals surface area (Å²) in [6.07, 6.45) is 4.17. The molecule has 6 nitrogen and oxygen atoms in total. The number of fused-ring (bicyclic) bond motifs is 1. The molecule has 0 saturated carbocycles. The summed E-state index contributed by atoms with van der Waals surface area (Å²) in [4.78, 5) is 11.9. The van der Waals surface area contributed by atoms with Gasteiger partial charge in [-0.25, -0.2) is 4.68 Å². The summed E-state index contributed by atoms with van der Waals surface area (Å²) < 4.78 is 7.50. The summed E-state index contributed by atoms with van der Waals surface area (Å²) in [6.45, 7) is 8.09. The Hall–Kier alpha value is -2.34. The van der Waals surface area contributed by atoms with Crippen LogP contribution in [0.5, 0.6) is 0 Å². The Bertz CT molecular complexity index is 879. The number of amides is 1. The predicted octanol–water partition coefficient (Wildman–Crippen LogP) is 3.00. The van der Waals surface area contributed by atoms with Crippen LogP contribution in [0.25, 0.3) is 5.69 Å². The van der Waals surface area contributed by atoms with Crippen LogP contribution in [0.2, 0.25) is 0 Å². The van der Waals surface area contributed by atoms with Crippen molar-refractivity contribution in [1.82, 2.24) is 9.78 Å². The molecule has 1 atom stereocenters. The van der Waals surface area contributed by atoms with E-state index in [0.29, 0.717) is 12.2 Å². The van der Waals surface area contributed by atoms with Gasteiger partial charge < -0.3 is 15.8 Å². The molecular weight excluding hydrogens is 340 g/mol. The van der Waals surface area contributed by atoms with Crippen LogP contribution in [0.4, 0.5) is 5.69 Å². The van der Waals surface area contributed by atoms with E-state index in [-0.39, 0.29) is 11.5 Å². The van der Waals surface area contributed by atoms with Crippen LogP contribution in [0, 0.1) is 12.3 Å². The molecule has 1 fully saturated rings. The van der Waals surface area contributed by atoms with Crippen LogP contribution < -0.4 is 11.1 Å². The van der Waals surface area contributed by atoms with E-state index in [4.69, 9.17) is 15.6 Å². The van der Waals surface area contributed by atoms with Crippen LogP contribution in [0.3, 0.4) is 0 Å². The van der Waals surface area contributed by atoms with Gasteiger partial charge in [-0.3, -0.25) is 4.79 Å². The van der Waals surface area contributed by atoms with Crippen molar-refractivity contribution >= 4 is 11.6 Å². The Balaban J connectivity index is 1.75. The second kappa shape index (κ2) is 6.68. The Kier molecular flexibility index (Phi) is 4.46. The molecular formula is C21H28N4O2. The monoisotopic (exact) mass is 368 g/mol. The average Bonchev–Trinajstić information content (AvgIpc) is 3.21. The number of benzene rings is 1. The summed E-state index contributed by atoms with van der Waals surface area (Å²) in [5.74, 6) is -0.428. The zero-order valence-corrected chi connectivity index (χ0v) is 16.3. The van der Waals surface area contributed by atoms with E-state index in [1.807, 2.05) is 16.8 Å². The first-order valence-electron chi connectivity index (χ1n) is 9.70. The van der Waals surface area contributed by atoms with Gasteiger partial charge >= 0.3 is 0 Å². The molecule has 0 spiro atoms. The molecule has 1 amide bonds. The van der Waals surface area contributed by atoms with Crippen LogP contribution in [-0.4, -0.2) is 34.9 Å². The van der Waals surface area contributed by atoms with Crippen molar-refractivity contribution in [3.63, 3.8) is 0 Å². The average molecular weight is 368 g/mol. The summed E-state index contributed by atoms with van der Waals surface area (Å²) in [7, 11) is 0. The molecule has 2 heterocycles. The molecule has 1 aromatic heterocycles. The van der Waals surface area contributed by atoms with E-state index in [9.17, 15) is 4.79 Å². The number of primary amides is 1. The highest BCUT2D eigenvalue weighted by Gasteiger charge is 2.30. The number of nitrogens with zero attached hydrogens (tertiary/aromatic N) is 2. The summed E-state index contributed by atoms with van der Waals surface area (Å²) in [5.41, 5.74) is 11.8. The first-order valence-corrected chi connectivity index (χ1v) is 9.70. The maximum Gasteiger partial charge on any atom is 0.250 e.